The molecule has 4 saturated carbocycles. The molecular weight excluding hydrogens is 278 g/mol. The van der Waals surface area contributed by atoms with Crippen molar-refractivity contribution in [1.82, 2.24) is 5.32 Å². The van der Waals surface area contributed by atoms with Crippen molar-refractivity contribution in [3.8, 4) is 0 Å². The molecule has 1 nitrogen and oxygen atoms in total. The van der Waals surface area contributed by atoms with E-state index in [1.165, 1.54) is 49.7 Å². The predicted octanol–water partition coefficient (Wildman–Crippen LogP) is 5.60. The molecule has 0 spiro atoms. The topological polar surface area (TPSA) is 12.0 Å². The summed E-state index contributed by atoms with van der Waals surface area (Å²) in [6.45, 7) is 9.24. The van der Waals surface area contributed by atoms with Gasteiger partial charge in [-0.15, -0.1) is 0 Å². The van der Waals surface area contributed by atoms with Gasteiger partial charge in [-0.25, -0.2) is 0 Å². The van der Waals surface area contributed by atoms with Crippen LogP contribution in [-0.2, 0) is 5.41 Å². The third-order valence-corrected chi connectivity index (χ3v) is 6.84. The van der Waals surface area contributed by atoms with Gasteiger partial charge in [-0.3, -0.25) is 0 Å². The van der Waals surface area contributed by atoms with E-state index in [0.717, 1.165) is 17.8 Å². The van der Waals surface area contributed by atoms with Gasteiger partial charge in [0.05, 0.1) is 0 Å². The van der Waals surface area contributed by atoms with Crippen molar-refractivity contribution in [2.45, 2.75) is 83.2 Å². The molecular formula is C22H33N. The molecule has 1 aromatic rings. The zero-order valence-corrected chi connectivity index (χ0v) is 15.4. The Morgan fingerprint density at radius 1 is 0.913 bits per heavy atom. The second-order valence-corrected chi connectivity index (χ2v) is 9.94. The maximum atomic E-state index is 4.10. The summed E-state index contributed by atoms with van der Waals surface area (Å²) in [5.74, 6) is 3.05. The minimum atomic E-state index is 0.245. The van der Waals surface area contributed by atoms with E-state index in [2.05, 4.69) is 57.3 Å². The Labute approximate surface area is 142 Å². The predicted molar refractivity (Wildman–Crippen MR) is 97.6 cm³/mol. The molecule has 4 fully saturated rings. The van der Waals surface area contributed by atoms with Crippen molar-refractivity contribution in [3.05, 3.63) is 35.4 Å². The van der Waals surface area contributed by atoms with Crippen LogP contribution in [0.15, 0.2) is 24.3 Å². The number of rotatable bonds is 3. The van der Waals surface area contributed by atoms with Crippen LogP contribution in [0.3, 0.4) is 0 Å². The molecule has 1 unspecified atom stereocenters. The van der Waals surface area contributed by atoms with Gasteiger partial charge in [-0.2, -0.15) is 0 Å². The highest BCUT2D eigenvalue weighted by molar-refractivity contribution is 5.29. The van der Waals surface area contributed by atoms with Crippen LogP contribution in [0, 0.1) is 17.8 Å². The highest BCUT2D eigenvalue weighted by atomic mass is 15.0. The third-order valence-electron chi connectivity index (χ3n) is 6.84. The van der Waals surface area contributed by atoms with Crippen molar-refractivity contribution < 1.29 is 0 Å². The number of nitrogens with one attached hydrogen (secondary N) is 1. The molecule has 0 heterocycles. The Morgan fingerprint density at radius 3 is 1.83 bits per heavy atom. The average Bonchev–Trinajstić information content (AvgIpc) is 2.44. The first-order valence-electron chi connectivity index (χ1n) is 9.71. The van der Waals surface area contributed by atoms with Gasteiger partial charge in [0.2, 0.25) is 0 Å². The SMILES string of the molecule is CC(NC12CC3CC(CC(C3)C1)C2)c1ccc(C(C)(C)C)cc1. The first-order chi connectivity index (χ1) is 10.8. The number of hydrogen-bond donors (Lipinski definition) is 1. The molecule has 0 saturated heterocycles. The van der Waals surface area contributed by atoms with Gasteiger partial charge in [-0.05, 0) is 79.7 Å². The van der Waals surface area contributed by atoms with Gasteiger partial charge >= 0.3 is 0 Å². The van der Waals surface area contributed by atoms with Gasteiger partial charge in [-0.1, -0.05) is 45.0 Å². The lowest BCUT2D eigenvalue weighted by Crippen LogP contribution is -2.58. The molecule has 1 atom stereocenters. The Kier molecular flexibility index (Phi) is 3.65. The van der Waals surface area contributed by atoms with E-state index in [4.69, 9.17) is 0 Å². The van der Waals surface area contributed by atoms with Crippen molar-refractivity contribution in [2.24, 2.45) is 17.8 Å². The second-order valence-electron chi connectivity index (χ2n) is 9.94. The molecule has 4 aliphatic rings. The quantitative estimate of drug-likeness (QED) is 0.765. The molecule has 5 rings (SSSR count). The summed E-state index contributed by atoms with van der Waals surface area (Å²) in [5, 5.41) is 4.10. The lowest BCUT2D eigenvalue weighted by atomic mass is 9.53. The molecule has 23 heavy (non-hydrogen) atoms. The molecule has 126 valence electrons. The highest BCUT2D eigenvalue weighted by Crippen LogP contribution is 2.56. The van der Waals surface area contributed by atoms with E-state index in [1.807, 2.05) is 0 Å². The fourth-order valence-corrected chi connectivity index (χ4v) is 6.10. The normalized spacial score (nSPS) is 37.1. The van der Waals surface area contributed by atoms with Gasteiger partial charge in [0.25, 0.3) is 0 Å². The molecule has 4 bridgehead atoms. The lowest BCUT2D eigenvalue weighted by molar-refractivity contribution is -0.0245. The summed E-state index contributed by atoms with van der Waals surface area (Å²) in [6, 6.07) is 9.82. The third kappa shape index (κ3) is 2.97. The Hall–Kier alpha value is -0.820. The zero-order chi connectivity index (χ0) is 16.2. The molecule has 1 heteroatoms. The van der Waals surface area contributed by atoms with Crippen molar-refractivity contribution >= 4 is 0 Å². The van der Waals surface area contributed by atoms with E-state index in [1.54, 1.807) is 0 Å². The maximum Gasteiger partial charge on any atom is 0.0296 e. The molecule has 0 radical (unpaired) electrons. The first-order valence-corrected chi connectivity index (χ1v) is 9.71. The van der Waals surface area contributed by atoms with E-state index in [0.29, 0.717) is 11.6 Å². The van der Waals surface area contributed by atoms with Crippen LogP contribution in [0.2, 0.25) is 0 Å². The maximum absolute atomic E-state index is 4.10. The van der Waals surface area contributed by atoms with Crippen LogP contribution < -0.4 is 5.32 Å². The summed E-state index contributed by atoms with van der Waals surface area (Å²) >= 11 is 0. The smallest absolute Gasteiger partial charge is 0.0296 e. The van der Waals surface area contributed by atoms with E-state index in [-0.39, 0.29) is 5.41 Å². The van der Waals surface area contributed by atoms with Crippen LogP contribution >= 0.6 is 0 Å². The minimum Gasteiger partial charge on any atom is -0.305 e. The van der Waals surface area contributed by atoms with E-state index in [9.17, 15) is 0 Å². The second kappa shape index (κ2) is 5.34. The van der Waals surface area contributed by atoms with Crippen molar-refractivity contribution in [1.29, 1.82) is 0 Å². The van der Waals surface area contributed by atoms with Gasteiger partial charge < -0.3 is 5.32 Å². The Balaban J connectivity index is 1.48. The summed E-state index contributed by atoms with van der Waals surface area (Å²) in [6.07, 6.45) is 8.87. The van der Waals surface area contributed by atoms with Gasteiger partial charge in [0.15, 0.2) is 0 Å². The van der Waals surface area contributed by atoms with Crippen molar-refractivity contribution in [3.63, 3.8) is 0 Å². The van der Waals surface area contributed by atoms with E-state index < -0.39 is 0 Å². The largest absolute Gasteiger partial charge is 0.305 e. The first kappa shape index (κ1) is 15.7. The minimum absolute atomic E-state index is 0.245. The fraction of sp³-hybridized carbons (Fsp3) is 0.727. The Bertz CT molecular complexity index is 527. The number of benzene rings is 1. The fourth-order valence-electron chi connectivity index (χ4n) is 6.10. The highest BCUT2D eigenvalue weighted by Gasteiger charge is 2.51. The summed E-state index contributed by atoms with van der Waals surface area (Å²) < 4.78 is 0. The molecule has 0 aliphatic heterocycles. The molecule has 4 aliphatic carbocycles. The van der Waals surface area contributed by atoms with Gasteiger partial charge in [0, 0.05) is 11.6 Å². The molecule has 0 aromatic heterocycles. The van der Waals surface area contributed by atoms with Crippen LogP contribution in [0.4, 0.5) is 0 Å². The van der Waals surface area contributed by atoms with Crippen LogP contribution in [-0.4, -0.2) is 5.54 Å². The molecule has 0 amide bonds. The van der Waals surface area contributed by atoms with Crippen molar-refractivity contribution in [2.75, 3.05) is 0 Å². The van der Waals surface area contributed by atoms with Crippen LogP contribution in [0.1, 0.15) is 83.4 Å². The summed E-state index contributed by atoms with van der Waals surface area (Å²) in [5.41, 5.74) is 3.59. The number of hydrogen-bond acceptors (Lipinski definition) is 1. The summed E-state index contributed by atoms with van der Waals surface area (Å²) in [4.78, 5) is 0. The average molecular weight is 312 g/mol. The van der Waals surface area contributed by atoms with Crippen LogP contribution in [0.5, 0.6) is 0 Å². The molecule has 1 N–H and O–H groups in total. The van der Waals surface area contributed by atoms with Gasteiger partial charge in [0.1, 0.15) is 0 Å². The van der Waals surface area contributed by atoms with E-state index >= 15 is 0 Å². The van der Waals surface area contributed by atoms with Crippen LogP contribution in [0.25, 0.3) is 0 Å². The zero-order valence-electron chi connectivity index (χ0n) is 15.4. The lowest BCUT2D eigenvalue weighted by Gasteiger charge is -2.58. The Morgan fingerprint density at radius 2 is 1.39 bits per heavy atom. The monoisotopic (exact) mass is 311 g/mol. The summed E-state index contributed by atoms with van der Waals surface area (Å²) in [7, 11) is 0. The molecule has 1 aromatic carbocycles. The standard InChI is InChI=1S/C22H33N/c1-15(19-5-7-20(8-6-19)21(2,3)4)23-22-12-16-9-17(13-22)11-18(10-16)14-22/h5-8,15-18,23H,9-14H2,1-4H3.